The summed E-state index contributed by atoms with van der Waals surface area (Å²) in [6, 6.07) is 14.1. The van der Waals surface area contributed by atoms with Crippen LogP contribution in [-0.2, 0) is 6.42 Å². The lowest BCUT2D eigenvalue weighted by atomic mass is 10.0. The molecule has 0 aliphatic heterocycles. The summed E-state index contributed by atoms with van der Waals surface area (Å²) in [7, 11) is 0. The molecule has 0 nitrogen and oxygen atoms in total. The lowest BCUT2D eigenvalue weighted by Crippen LogP contribution is -1.96. The highest BCUT2D eigenvalue weighted by atomic mass is 79.9. The second-order valence-corrected chi connectivity index (χ2v) is 6.19. The van der Waals surface area contributed by atoms with Gasteiger partial charge in [0.1, 0.15) is 0 Å². The number of alkyl halides is 1. The molecule has 0 saturated heterocycles. The SMILES string of the molecule is Cc1ccc(C(Br)Cc2ccccc2Cl)cc1Cl. The van der Waals surface area contributed by atoms with Gasteiger partial charge in [-0.2, -0.15) is 0 Å². The first-order valence-electron chi connectivity index (χ1n) is 5.71. The van der Waals surface area contributed by atoms with Gasteiger partial charge in [-0.1, -0.05) is 69.5 Å². The number of halogens is 3. The second-order valence-electron chi connectivity index (χ2n) is 4.27. The zero-order valence-electron chi connectivity index (χ0n) is 9.96. The normalized spacial score (nSPS) is 12.4. The lowest BCUT2D eigenvalue weighted by molar-refractivity contribution is 0.948. The van der Waals surface area contributed by atoms with E-state index < -0.39 is 0 Å². The van der Waals surface area contributed by atoms with E-state index in [1.165, 1.54) is 5.56 Å². The van der Waals surface area contributed by atoms with E-state index in [-0.39, 0.29) is 4.83 Å². The molecule has 0 aromatic heterocycles. The third-order valence-electron chi connectivity index (χ3n) is 2.91. The minimum absolute atomic E-state index is 0.218. The van der Waals surface area contributed by atoms with Crippen LogP contribution in [0.1, 0.15) is 21.5 Å². The Morgan fingerprint density at radius 1 is 1.06 bits per heavy atom. The first-order valence-corrected chi connectivity index (χ1v) is 7.38. The van der Waals surface area contributed by atoms with Crippen LogP contribution in [0.5, 0.6) is 0 Å². The summed E-state index contributed by atoms with van der Waals surface area (Å²) in [5.74, 6) is 0. The van der Waals surface area contributed by atoms with Crippen LogP contribution in [0.2, 0.25) is 10.0 Å². The highest BCUT2D eigenvalue weighted by Gasteiger charge is 2.11. The van der Waals surface area contributed by atoms with Gasteiger partial charge >= 0.3 is 0 Å². The van der Waals surface area contributed by atoms with E-state index in [1.54, 1.807) is 0 Å². The summed E-state index contributed by atoms with van der Waals surface area (Å²) in [6.45, 7) is 2.00. The van der Waals surface area contributed by atoms with E-state index in [1.807, 2.05) is 43.3 Å². The number of aryl methyl sites for hydroxylation is 1. The molecule has 0 spiro atoms. The summed E-state index contributed by atoms with van der Waals surface area (Å²) < 4.78 is 0. The van der Waals surface area contributed by atoms with Gasteiger partial charge in [-0.15, -0.1) is 0 Å². The molecule has 0 N–H and O–H groups in total. The molecule has 0 saturated carbocycles. The third kappa shape index (κ3) is 3.28. The number of rotatable bonds is 3. The zero-order chi connectivity index (χ0) is 13.1. The van der Waals surface area contributed by atoms with E-state index in [9.17, 15) is 0 Å². The van der Waals surface area contributed by atoms with Gasteiger partial charge in [0, 0.05) is 14.9 Å². The van der Waals surface area contributed by atoms with Gasteiger partial charge < -0.3 is 0 Å². The summed E-state index contributed by atoms with van der Waals surface area (Å²) in [4.78, 5) is 0.218. The average molecular weight is 344 g/mol. The average Bonchev–Trinajstić information content (AvgIpc) is 2.35. The topological polar surface area (TPSA) is 0 Å². The van der Waals surface area contributed by atoms with E-state index in [0.29, 0.717) is 0 Å². The van der Waals surface area contributed by atoms with Crippen molar-refractivity contribution in [2.75, 3.05) is 0 Å². The fraction of sp³-hybridized carbons (Fsp3) is 0.200. The zero-order valence-corrected chi connectivity index (χ0v) is 13.1. The Labute approximate surface area is 126 Å². The minimum atomic E-state index is 0.218. The Morgan fingerprint density at radius 3 is 2.44 bits per heavy atom. The van der Waals surface area contributed by atoms with Gasteiger partial charge in [0.25, 0.3) is 0 Å². The maximum Gasteiger partial charge on any atom is 0.0438 e. The second kappa shape index (κ2) is 6.10. The van der Waals surface area contributed by atoms with Gasteiger partial charge in [0.05, 0.1) is 0 Å². The Bertz CT molecular complexity index is 552. The molecule has 0 amide bonds. The van der Waals surface area contributed by atoms with Gasteiger partial charge in [-0.3, -0.25) is 0 Å². The van der Waals surface area contributed by atoms with Gasteiger partial charge in [0.2, 0.25) is 0 Å². The molecule has 2 rings (SSSR count). The molecule has 3 heteroatoms. The van der Waals surface area contributed by atoms with Crippen molar-refractivity contribution in [3.63, 3.8) is 0 Å². The Balaban J connectivity index is 2.19. The maximum absolute atomic E-state index is 6.17. The number of hydrogen-bond acceptors (Lipinski definition) is 0. The van der Waals surface area contributed by atoms with Crippen molar-refractivity contribution in [2.24, 2.45) is 0 Å². The van der Waals surface area contributed by atoms with Crippen LogP contribution in [0, 0.1) is 6.92 Å². The standard InChI is InChI=1S/C15H13BrCl2/c1-10-6-7-11(9-15(10)18)13(16)8-12-4-2-3-5-14(12)17/h2-7,9,13H,8H2,1H3. The summed E-state index contributed by atoms with van der Waals surface area (Å²) >= 11 is 16.0. The molecule has 0 aliphatic carbocycles. The highest BCUT2D eigenvalue weighted by molar-refractivity contribution is 9.09. The molecule has 0 bridgehead atoms. The van der Waals surface area contributed by atoms with Crippen LogP contribution >= 0.6 is 39.1 Å². The number of benzene rings is 2. The molecule has 94 valence electrons. The van der Waals surface area contributed by atoms with E-state index in [4.69, 9.17) is 23.2 Å². The first kappa shape index (κ1) is 13.9. The molecule has 2 aromatic carbocycles. The van der Waals surface area contributed by atoms with E-state index in [2.05, 4.69) is 22.0 Å². The van der Waals surface area contributed by atoms with E-state index >= 15 is 0 Å². The van der Waals surface area contributed by atoms with Crippen molar-refractivity contribution in [1.29, 1.82) is 0 Å². The van der Waals surface area contributed by atoms with Crippen LogP contribution in [0.15, 0.2) is 42.5 Å². The van der Waals surface area contributed by atoms with Crippen LogP contribution in [0.3, 0.4) is 0 Å². The third-order valence-corrected chi connectivity index (χ3v) is 4.54. The van der Waals surface area contributed by atoms with Crippen LogP contribution in [-0.4, -0.2) is 0 Å². The van der Waals surface area contributed by atoms with Crippen molar-refractivity contribution < 1.29 is 0 Å². The summed E-state index contributed by atoms with van der Waals surface area (Å²) in [5, 5.41) is 1.61. The van der Waals surface area contributed by atoms with Crippen molar-refractivity contribution in [2.45, 2.75) is 18.2 Å². The van der Waals surface area contributed by atoms with Gasteiger partial charge in [-0.25, -0.2) is 0 Å². The molecule has 0 radical (unpaired) electrons. The van der Waals surface area contributed by atoms with Crippen molar-refractivity contribution in [3.8, 4) is 0 Å². The molecular weight excluding hydrogens is 331 g/mol. The van der Waals surface area contributed by atoms with Gasteiger partial charge in [-0.05, 0) is 42.2 Å². The first-order chi connectivity index (χ1) is 8.58. The molecule has 0 heterocycles. The highest BCUT2D eigenvalue weighted by Crippen LogP contribution is 2.31. The molecule has 1 unspecified atom stereocenters. The molecule has 0 fully saturated rings. The fourth-order valence-corrected chi connectivity index (χ4v) is 2.81. The Hall–Kier alpha value is -0.500. The quantitative estimate of drug-likeness (QED) is 0.601. The van der Waals surface area contributed by atoms with Crippen molar-refractivity contribution in [1.82, 2.24) is 0 Å². The molecule has 0 aliphatic rings. The van der Waals surface area contributed by atoms with Gasteiger partial charge in [0.15, 0.2) is 0 Å². The Kier molecular flexibility index (Phi) is 4.71. The van der Waals surface area contributed by atoms with Crippen molar-refractivity contribution in [3.05, 3.63) is 69.2 Å². The lowest BCUT2D eigenvalue weighted by Gasteiger charge is -2.12. The number of hydrogen-bond donors (Lipinski definition) is 0. The predicted octanol–water partition coefficient (Wildman–Crippen LogP) is 5.98. The van der Waals surface area contributed by atoms with Crippen molar-refractivity contribution >= 4 is 39.1 Å². The molecule has 2 aromatic rings. The minimum Gasteiger partial charge on any atom is -0.0840 e. The van der Waals surface area contributed by atoms with Crippen LogP contribution in [0.25, 0.3) is 0 Å². The maximum atomic E-state index is 6.17. The summed E-state index contributed by atoms with van der Waals surface area (Å²) in [5.41, 5.74) is 3.40. The Morgan fingerprint density at radius 2 is 1.78 bits per heavy atom. The van der Waals surface area contributed by atoms with Crippen LogP contribution in [0.4, 0.5) is 0 Å². The fourth-order valence-electron chi connectivity index (χ4n) is 1.78. The molecular formula is C15H13BrCl2. The monoisotopic (exact) mass is 342 g/mol. The van der Waals surface area contributed by atoms with E-state index in [0.717, 1.165) is 27.6 Å². The molecule has 18 heavy (non-hydrogen) atoms. The smallest absolute Gasteiger partial charge is 0.0438 e. The molecule has 1 atom stereocenters. The van der Waals surface area contributed by atoms with Crippen LogP contribution < -0.4 is 0 Å². The largest absolute Gasteiger partial charge is 0.0840 e. The predicted molar refractivity (Wildman–Crippen MR) is 83.0 cm³/mol. The summed E-state index contributed by atoms with van der Waals surface area (Å²) in [6.07, 6.45) is 0.846.